The van der Waals surface area contributed by atoms with E-state index < -0.39 is 48.3 Å². The van der Waals surface area contributed by atoms with Gasteiger partial charge in [-0.05, 0) is 0 Å². The van der Waals surface area contributed by atoms with Gasteiger partial charge in [0.25, 0.3) is 0 Å². The van der Waals surface area contributed by atoms with E-state index in [1.54, 1.807) is 48.6 Å². The molecule has 4 aliphatic carbocycles. The fourth-order valence-corrected chi connectivity index (χ4v) is 16.5. The Morgan fingerprint density at radius 3 is 1.27 bits per heavy atom. The maximum absolute atomic E-state index is 16.9. The van der Waals surface area contributed by atoms with Gasteiger partial charge in [-0.3, -0.25) is 0 Å². The number of rotatable bonds is 8. The summed E-state index contributed by atoms with van der Waals surface area (Å²) in [6, 6.07) is 4.56. The quantitative estimate of drug-likeness (QED) is 0.223. The van der Waals surface area contributed by atoms with Crippen molar-refractivity contribution in [2.45, 2.75) is 72.7 Å². The van der Waals surface area contributed by atoms with Crippen LogP contribution in [0.3, 0.4) is 0 Å². The molecule has 2 aromatic carbocycles. The zero-order chi connectivity index (χ0) is 31.6. The molecule has 236 valence electrons. The van der Waals surface area contributed by atoms with Gasteiger partial charge in [-0.2, -0.15) is 0 Å². The third-order valence-electron chi connectivity index (χ3n) is 10.0. The van der Waals surface area contributed by atoms with Crippen LogP contribution in [-0.4, -0.2) is 11.8 Å². The van der Waals surface area contributed by atoms with Gasteiger partial charge in [0.1, 0.15) is 0 Å². The Bertz CT molecular complexity index is 1450. The van der Waals surface area contributed by atoms with E-state index in [9.17, 15) is 9.59 Å². The van der Waals surface area contributed by atoms with Crippen molar-refractivity contribution in [1.82, 2.24) is 0 Å². The molecule has 2 saturated carbocycles. The minimum absolute atomic E-state index is 0.198. The predicted molar refractivity (Wildman–Crippen MR) is 166 cm³/mol. The molecule has 4 aliphatic rings. The van der Waals surface area contributed by atoms with E-state index in [4.69, 9.17) is 0 Å². The predicted octanol–water partition coefficient (Wildman–Crippen LogP) is 8.21. The fourth-order valence-electron chi connectivity index (χ4n) is 7.74. The molecule has 2 amide bonds. The first-order chi connectivity index (χ1) is 21.8. The molecule has 9 heteroatoms. The van der Waals surface area contributed by atoms with Crippen LogP contribution in [0.5, 0.6) is 0 Å². The summed E-state index contributed by atoms with van der Waals surface area (Å²) in [4.78, 5) is 26.3. The van der Waals surface area contributed by atoms with Crippen LogP contribution in [0, 0.1) is 35.1 Å². The SMILES string of the molecule is O=C(Nc1ccc(F)[c]([Ti]([c]2c(F)ccc(NC(=O)C3CCCCC3)c2F)([CH]2C=CC=C2)[CH]2C=CC=C2)c1F)C1CCCCC1. The number of carbonyl (C=O) groups is 2. The van der Waals surface area contributed by atoms with E-state index in [1.165, 1.54) is 12.1 Å². The van der Waals surface area contributed by atoms with Crippen molar-refractivity contribution in [3.8, 4) is 0 Å². The molecule has 0 bridgehead atoms. The van der Waals surface area contributed by atoms with Gasteiger partial charge in [-0.1, -0.05) is 0 Å². The molecule has 2 aromatic rings. The van der Waals surface area contributed by atoms with Crippen LogP contribution in [0.15, 0.2) is 72.9 Å². The summed E-state index contributed by atoms with van der Waals surface area (Å²) < 4.78 is 64.4. The van der Waals surface area contributed by atoms with Gasteiger partial charge in [0.15, 0.2) is 0 Å². The summed E-state index contributed by atoms with van der Waals surface area (Å²) in [6.45, 7) is 0. The Labute approximate surface area is 265 Å². The number of nitrogens with one attached hydrogen (secondary N) is 2. The van der Waals surface area contributed by atoms with Crippen molar-refractivity contribution in [2.24, 2.45) is 11.8 Å². The van der Waals surface area contributed by atoms with E-state index >= 15 is 17.6 Å². The maximum atomic E-state index is 16.9. The van der Waals surface area contributed by atoms with E-state index in [0.717, 1.165) is 50.7 Å². The van der Waals surface area contributed by atoms with Gasteiger partial charge < -0.3 is 0 Å². The summed E-state index contributed by atoms with van der Waals surface area (Å²) in [6.07, 6.45) is 22.3. The van der Waals surface area contributed by atoms with E-state index in [0.29, 0.717) is 25.7 Å². The van der Waals surface area contributed by atoms with Gasteiger partial charge in [0, 0.05) is 0 Å². The van der Waals surface area contributed by atoms with E-state index in [1.807, 2.05) is 0 Å². The molecule has 4 nitrogen and oxygen atoms in total. The van der Waals surface area contributed by atoms with Crippen molar-refractivity contribution in [3.05, 3.63) is 96.1 Å². The first kappa shape index (κ1) is 31.7. The van der Waals surface area contributed by atoms with Gasteiger partial charge in [0.05, 0.1) is 0 Å². The third kappa shape index (κ3) is 6.04. The number of amides is 2. The monoisotopic (exact) mass is 654 g/mol. The number of halogens is 4. The Hall–Kier alpha value is -3.23. The summed E-state index contributed by atoms with van der Waals surface area (Å²) >= 11 is -5.04. The first-order valence-electron chi connectivity index (χ1n) is 16.1. The van der Waals surface area contributed by atoms with Crippen LogP contribution in [0.4, 0.5) is 28.9 Å². The van der Waals surface area contributed by atoms with Crippen LogP contribution < -0.4 is 18.4 Å². The third-order valence-corrected chi connectivity index (χ3v) is 18.5. The standard InChI is InChI=1S/2C13H14F2NO.2C5H5.Ti/c2*14-10-6-7-12(11(15)8-10)16-13(17)9-4-2-1-3-5-9;2*1-2-4-5-3-1;/h2*6-7,9H,1-5H2,(H,16,17);2*1-5H;. The number of benzene rings is 2. The number of hydrogen-bond acceptors (Lipinski definition) is 2. The molecule has 0 saturated heterocycles. The summed E-state index contributed by atoms with van der Waals surface area (Å²) in [7, 11) is 0. The van der Waals surface area contributed by atoms with Crippen molar-refractivity contribution >= 4 is 30.9 Å². The number of allylic oxidation sites excluding steroid dienone is 8. The summed E-state index contributed by atoms with van der Waals surface area (Å²) in [5, 5.41) is 5.38. The van der Waals surface area contributed by atoms with Gasteiger partial charge in [-0.25, -0.2) is 0 Å². The molecule has 2 N–H and O–H groups in total. The molecule has 0 atom stereocenters. The van der Waals surface area contributed by atoms with Crippen LogP contribution in [0.1, 0.15) is 64.2 Å². The van der Waals surface area contributed by atoms with Crippen LogP contribution in [0.2, 0.25) is 8.45 Å². The topological polar surface area (TPSA) is 58.2 Å². The van der Waals surface area contributed by atoms with Gasteiger partial charge in [-0.15, -0.1) is 0 Å². The molecule has 0 spiro atoms. The van der Waals surface area contributed by atoms with Crippen molar-refractivity contribution in [2.75, 3.05) is 10.6 Å². The van der Waals surface area contributed by atoms with Crippen LogP contribution in [0.25, 0.3) is 0 Å². The molecule has 0 aliphatic heterocycles. The van der Waals surface area contributed by atoms with E-state index in [2.05, 4.69) is 10.6 Å². The molecule has 0 aromatic heterocycles. The number of hydrogen-bond donors (Lipinski definition) is 2. The molecule has 6 rings (SSSR count). The van der Waals surface area contributed by atoms with Crippen molar-refractivity contribution < 1.29 is 43.7 Å². The second-order valence-corrected chi connectivity index (χ2v) is 19.0. The molecule has 2 fully saturated rings. The number of anilines is 2. The Morgan fingerprint density at radius 1 is 0.556 bits per heavy atom. The minimum atomic E-state index is -5.04. The molecule has 0 unspecified atom stereocenters. The van der Waals surface area contributed by atoms with Crippen molar-refractivity contribution in [3.63, 3.8) is 0 Å². The second kappa shape index (κ2) is 13.6. The van der Waals surface area contributed by atoms with Gasteiger partial charge in [0.2, 0.25) is 0 Å². The zero-order valence-corrected chi connectivity index (χ0v) is 26.7. The summed E-state index contributed by atoms with van der Waals surface area (Å²) in [5.74, 6) is -5.07. The zero-order valence-electron chi connectivity index (χ0n) is 25.1. The Kier molecular flexibility index (Phi) is 9.62. The van der Waals surface area contributed by atoms with Gasteiger partial charge >= 0.3 is 266 Å². The molecular formula is C36H38F4N2O2Ti. The van der Waals surface area contributed by atoms with Crippen LogP contribution in [-0.2, 0) is 26.2 Å². The Morgan fingerprint density at radius 2 is 0.911 bits per heavy atom. The Balaban J connectivity index is 1.52. The molecule has 0 heterocycles. The van der Waals surface area contributed by atoms with Crippen LogP contribution >= 0.6 is 0 Å². The second-order valence-electron chi connectivity index (χ2n) is 12.7. The number of carbonyl (C=O) groups excluding carboxylic acids is 2. The molecule has 45 heavy (non-hydrogen) atoms. The molecular weight excluding hydrogens is 616 g/mol. The first-order valence-corrected chi connectivity index (χ1v) is 19.5. The average Bonchev–Trinajstić information content (AvgIpc) is 3.80. The van der Waals surface area contributed by atoms with Crippen molar-refractivity contribution in [1.29, 1.82) is 0 Å². The normalized spacial score (nSPS) is 19.5. The fraction of sp³-hybridized carbons (Fsp3) is 0.389. The summed E-state index contributed by atoms with van der Waals surface area (Å²) in [5.41, 5.74) is -0.395. The molecule has 0 radical (unpaired) electrons. The van der Waals surface area contributed by atoms with E-state index in [-0.39, 0.29) is 42.8 Å². The average molecular weight is 655 g/mol.